The summed E-state index contributed by atoms with van der Waals surface area (Å²) in [5.41, 5.74) is -4.35. The van der Waals surface area contributed by atoms with E-state index in [1.54, 1.807) is 13.8 Å². The maximum atomic E-state index is 13.9. The summed E-state index contributed by atoms with van der Waals surface area (Å²) in [5, 5.41) is 9.04. The molecule has 182 valence electrons. The molecule has 1 aromatic heterocycles. The van der Waals surface area contributed by atoms with E-state index < -0.39 is 63.9 Å². The standard InChI is InChI=1S/C23H18F4N4O4/c1-21-6-12(9-34-18-15(24)8-29-10-30-18)22(2,35-21)17-16(21)19(32)31(20(17)33)13-4-3-11(7-28)14(5-13)23(25,26)27/h3-5,8,10,12,16-17H,6,9H2,1-2H3/t12-,16+,17-,21+,22-/m0/s1. The third-order valence-corrected chi connectivity index (χ3v) is 7.24. The van der Waals surface area contributed by atoms with Crippen LogP contribution >= 0.6 is 0 Å². The minimum atomic E-state index is -4.85. The van der Waals surface area contributed by atoms with Gasteiger partial charge in [0, 0.05) is 5.92 Å². The molecule has 12 heteroatoms. The number of nitriles is 1. The number of rotatable bonds is 4. The summed E-state index contributed by atoms with van der Waals surface area (Å²) >= 11 is 0. The Bertz CT molecular complexity index is 1300. The summed E-state index contributed by atoms with van der Waals surface area (Å²) < 4.78 is 66.0. The third-order valence-electron chi connectivity index (χ3n) is 7.24. The molecule has 0 aliphatic carbocycles. The Hall–Kier alpha value is -3.59. The average Bonchev–Trinajstić information content (AvgIpc) is 3.32. The molecule has 1 aromatic carbocycles. The van der Waals surface area contributed by atoms with Gasteiger partial charge in [0.2, 0.25) is 17.6 Å². The number of benzene rings is 1. The van der Waals surface area contributed by atoms with E-state index >= 15 is 0 Å². The zero-order valence-electron chi connectivity index (χ0n) is 18.5. The average molecular weight is 490 g/mol. The van der Waals surface area contributed by atoms with Crippen LogP contribution in [0.4, 0.5) is 23.2 Å². The number of nitrogens with zero attached hydrogens (tertiary/aromatic N) is 4. The summed E-state index contributed by atoms with van der Waals surface area (Å²) in [6.07, 6.45) is -2.46. The molecule has 2 bridgehead atoms. The van der Waals surface area contributed by atoms with Crippen LogP contribution in [0.15, 0.2) is 30.7 Å². The molecule has 5 rings (SSSR count). The number of carbonyl (C=O) groups excluding carboxylic acids is 2. The number of hydrogen-bond donors (Lipinski definition) is 0. The van der Waals surface area contributed by atoms with Gasteiger partial charge in [0.05, 0.1) is 58.7 Å². The van der Waals surface area contributed by atoms with Crippen LogP contribution in [0.25, 0.3) is 0 Å². The number of hydrogen-bond acceptors (Lipinski definition) is 7. The largest absolute Gasteiger partial charge is 0.475 e. The predicted molar refractivity (Wildman–Crippen MR) is 109 cm³/mol. The molecule has 2 amide bonds. The van der Waals surface area contributed by atoms with Gasteiger partial charge < -0.3 is 9.47 Å². The summed E-state index contributed by atoms with van der Waals surface area (Å²) in [6.45, 7) is 3.28. The number of imide groups is 1. The van der Waals surface area contributed by atoms with E-state index in [2.05, 4.69) is 9.97 Å². The lowest BCUT2D eigenvalue weighted by Crippen LogP contribution is -2.48. The molecule has 3 aliphatic rings. The lowest BCUT2D eigenvalue weighted by Gasteiger charge is -2.35. The third kappa shape index (κ3) is 3.29. The molecule has 0 spiro atoms. The van der Waals surface area contributed by atoms with E-state index in [0.717, 1.165) is 29.6 Å². The van der Waals surface area contributed by atoms with Crippen molar-refractivity contribution >= 4 is 17.5 Å². The molecule has 0 radical (unpaired) electrons. The zero-order chi connectivity index (χ0) is 25.3. The van der Waals surface area contributed by atoms with Crippen molar-refractivity contribution in [1.29, 1.82) is 5.26 Å². The predicted octanol–water partition coefficient (Wildman–Crippen LogP) is 3.26. The second-order valence-electron chi connectivity index (χ2n) is 9.29. The van der Waals surface area contributed by atoms with E-state index in [1.807, 2.05) is 0 Å². The number of ether oxygens (including phenoxy) is 2. The Morgan fingerprint density at radius 1 is 1.26 bits per heavy atom. The molecule has 5 atom stereocenters. The number of amides is 2. The highest BCUT2D eigenvalue weighted by molar-refractivity contribution is 6.23. The van der Waals surface area contributed by atoms with Crippen LogP contribution in [0.3, 0.4) is 0 Å². The van der Waals surface area contributed by atoms with Crippen LogP contribution < -0.4 is 9.64 Å². The van der Waals surface area contributed by atoms with E-state index in [4.69, 9.17) is 14.7 Å². The number of carbonyl (C=O) groups is 2. The van der Waals surface area contributed by atoms with Gasteiger partial charge >= 0.3 is 6.18 Å². The lowest BCUT2D eigenvalue weighted by atomic mass is 9.64. The smallest absolute Gasteiger partial charge is 0.417 e. The van der Waals surface area contributed by atoms with Crippen LogP contribution in [-0.4, -0.2) is 39.6 Å². The molecule has 2 aromatic rings. The van der Waals surface area contributed by atoms with Crippen molar-refractivity contribution in [2.75, 3.05) is 11.5 Å². The maximum absolute atomic E-state index is 13.9. The Kier molecular flexibility index (Phi) is 4.93. The number of halogens is 4. The first kappa shape index (κ1) is 23.2. The Morgan fingerprint density at radius 3 is 2.63 bits per heavy atom. The van der Waals surface area contributed by atoms with Crippen molar-refractivity contribution < 1.29 is 36.6 Å². The highest BCUT2D eigenvalue weighted by Crippen LogP contribution is 2.63. The van der Waals surface area contributed by atoms with E-state index in [-0.39, 0.29) is 18.2 Å². The van der Waals surface area contributed by atoms with Gasteiger partial charge in [0.25, 0.3) is 5.88 Å². The summed E-state index contributed by atoms with van der Waals surface area (Å²) in [7, 11) is 0. The normalized spacial score (nSPS) is 31.6. The van der Waals surface area contributed by atoms with Gasteiger partial charge in [-0.15, -0.1) is 0 Å². The SMILES string of the molecule is C[C@]12O[C@](C)(C[C@H]1COc1ncncc1F)[C@H]1C(=O)N(c3ccc(C#N)c(C(F)(F)F)c3)C(=O)[C@H]12. The van der Waals surface area contributed by atoms with Crippen LogP contribution in [0, 0.1) is 34.9 Å². The Morgan fingerprint density at radius 2 is 1.97 bits per heavy atom. The topological polar surface area (TPSA) is 105 Å². The van der Waals surface area contributed by atoms with Crippen LogP contribution in [0.1, 0.15) is 31.4 Å². The number of fused-ring (bicyclic) bond motifs is 5. The summed E-state index contributed by atoms with van der Waals surface area (Å²) in [5.74, 6) is -4.68. The molecule has 4 heterocycles. The lowest BCUT2D eigenvalue weighted by molar-refractivity contribution is -0.138. The van der Waals surface area contributed by atoms with Crippen LogP contribution in [-0.2, 0) is 20.5 Å². The van der Waals surface area contributed by atoms with Gasteiger partial charge in [-0.1, -0.05) is 0 Å². The van der Waals surface area contributed by atoms with Gasteiger partial charge in [-0.3, -0.25) is 9.59 Å². The van der Waals surface area contributed by atoms with Gasteiger partial charge in [-0.05, 0) is 38.5 Å². The quantitative estimate of drug-likeness (QED) is 0.479. The fraction of sp³-hybridized carbons (Fsp3) is 0.435. The minimum Gasteiger partial charge on any atom is -0.475 e. The molecular weight excluding hydrogens is 472 g/mol. The molecular formula is C23H18F4N4O4. The molecule has 3 aliphatic heterocycles. The van der Waals surface area contributed by atoms with Crippen LogP contribution in [0.2, 0.25) is 0 Å². The Balaban J connectivity index is 1.47. The van der Waals surface area contributed by atoms with E-state index in [9.17, 15) is 27.2 Å². The number of anilines is 1. The second kappa shape index (κ2) is 7.45. The molecule has 3 saturated heterocycles. The van der Waals surface area contributed by atoms with Crippen molar-refractivity contribution in [1.82, 2.24) is 9.97 Å². The highest BCUT2D eigenvalue weighted by Gasteiger charge is 2.75. The number of alkyl halides is 3. The molecule has 3 fully saturated rings. The summed E-state index contributed by atoms with van der Waals surface area (Å²) in [4.78, 5) is 34.9. The first-order chi connectivity index (χ1) is 16.4. The van der Waals surface area contributed by atoms with Crippen molar-refractivity contribution in [3.8, 4) is 11.9 Å². The van der Waals surface area contributed by atoms with Crippen molar-refractivity contribution in [3.63, 3.8) is 0 Å². The zero-order valence-corrected chi connectivity index (χ0v) is 18.5. The van der Waals surface area contributed by atoms with E-state index in [1.165, 1.54) is 6.07 Å². The monoisotopic (exact) mass is 490 g/mol. The number of aromatic nitrogens is 2. The highest BCUT2D eigenvalue weighted by atomic mass is 19.4. The molecule has 8 nitrogen and oxygen atoms in total. The van der Waals surface area contributed by atoms with Gasteiger partial charge in [-0.2, -0.15) is 27.8 Å². The first-order valence-corrected chi connectivity index (χ1v) is 10.7. The molecule has 0 saturated carbocycles. The molecule has 35 heavy (non-hydrogen) atoms. The van der Waals surface area contributed by atoms with Crippen molar-refractivity contribution in [3.05, 3.63) is 47.7 Å². The second-order valence-corrected chi connectivity index (χ2v) is 9.29. The fourth-order valence-electron chi connectivity index (χ4n) is 5.76. The first-order valence-electron chi connectivity index (χ1n) is 10.7. The van der Waals surface area contributed by atoms with Gasteiger partial charge in [-0.25, -0.2) is 9.88 Å². The van der Waals surface area contributed by atoms with Gasteiger partial charge in [0.1, 0.15) is 6.33 Å². The minimum absolute atomic E-state index is 0.0558. The van der Waals surface area contributed by atoms with Crippen LogP contribution in [0.5, 0.6) is 5.88 Å². The maximum Gasteiger partial charge on any atom is 0.417 e. The molecule has 0 N–H and O–H groups in total. The van der Waals surface area contributed by atoms with E-state index in [0.29, 0.717) is 12.5 Å². The van der Waals surface area contributed by atoms with Crippen molar-refractivity contribution in [2.24, 2.45) is 17.8 Å². The molecule has 0 unspecified atom stereocenters. The Labute approximate surface area is 196 Å². The fourth-order valence-corrected chi connectivity index (χ4v) is 5.76. The van der Waals surface area contributed by atoms with Crippen molar-refractivity contribution in [2.45, 2.75) is 37.6 Å². The summed E-state index contributed by atoms with van der Waals surface area (Å²) in [6, 6.07) is 4.21. The van der Waals surface area contributed by atoms with Gasteiger partial charge in [0.15, 0.2) is 0 Å².